The van der Waals surface area contributed by atoms with Crippen LogP contribution in [-0.4, -0.2) is 11.7 Å². The molecule has 0 heterocycles. The maximum atomic E-state index is 11.1. The summed E-state index contributed by atoms with van der Waals surface area (Å²) in [5, 5.41) is 0. The van der Waals surface area contributed by atoms with Crippen molar-refractivity contribution in [2.75, 3.05) is 11.6 Å². The van der Waals surface area contributed by atoms with E-state index in [-0.39, 0.29) is 11.7 Å². The Bertz CT molecular complexity index is 339. The van der Waals surface area contributed by atoms with Crippen LogP contribution in [0.25, 0.3) is 0 Å². The summed E-state index contributed by atoms with van der Waals surface area (Å²) in [6.45, 7) is 0. The van der Waals surface area contributed by atoms with Crippen LogP contribution < -0.4 is 5.73 Å². The molecule has 76 valence electrons. The van der Waals surface area contributed by atoms with Crippen molar-refractivity contribution in [2.24, 2.45) is 0 Å². The number of anilines is 1. The van der Waals surface area contributed by atoms with E-state index in [0.29, 0.717) is 18.0 Å². The topological polar surface area (TPSA) is 43.1 Å². The van der Waals surface area contributed by atoms with Crippen LogP contribution in [0, 0.1) is 0 Å². The van der Waals surface area contributed by atoms with Gasteiger partial charge in [0.2, 0.25) is 0 Å². The molecule has 0 aliphatic rings. The highest BCUT2D eigenvalue weighted by atomic mass is 35.5. The van der Waals surface area contributed by atoms with Gasteiger partial charge in [-0.3, -0.25) is 4.79 Å². The van der Waals surface area contributed by atoms with Gasteiger partial charge in [0.05, 0.1) is 5.88 Å². The molecule has 0 aliphatic carbocycles. The lowest BCUT2D eigenvalue weighted by atomic mass is 10.0. The standard InChI is InChI=1S/C10H11Cl2NO/c11-5-8(14)4-7-2-1-3-10(13)9(7)6-12/h1-3H,4-6,13H2. The van der Waals surface area contributed by atoms with Crippen molar-refractivity contribution in [1.29, 1.82) is 0 Å². The molecule has 0 unspecified atom stereocenters. The molecule has 0 bridgehead atoms. The molecular weight excluding hydrogens is 221 g/mol. The molecule has 0 amide bonds. The molecule has 1 aromatic rings. The van der Waals surface area contributed by atoms with Gasteiger partial charge in [0.15, 0.2) is 5.78 Å². The molecule has 1 rings (SSSR count). The number of nitrogens with two attached hydrogens (primary N) is 1. The van der Waals surface area contributed by atoms with Gasteiger partial charge in [-0.25, -0.2) is 0 Å². The second-order valence-corrected chi connectivity index (χ2v) is 3.50. The first-order valence-corrected chi connectivity index (χ1v) is 5.25. The Morgan fingerprint density at radius 3 is 2.64 bits per heavy atom. The molecule has 0 spiro atoms. The van der Waals surface area contributed by atoms with Gasteiger partial charge in [-0.15, -0.1) is 23.2 Å². The first-order chi connectivity index (χ1) is 6.69. The maximum absolute atomic E-state index is 11.1. The van der Waals surface area contributed by atoms with Crippen LogP contribution in [0.1, 0.15) is 11.1 Å². The van der Waals surface area contributed by atoms with Gasteiger partial charge < -0.3 is 5.73 Å². The van der Waals surface area contributed by atoms with Gasteiger partial charge in [0.25, 0.3) is 0 Å². The Morgan fingerprint density at radius 1 is 1.36 bits per heavy atom. The molecule has 0 aliphatic heterocycles. The smallest absolute Gasteiger partial charge is 0.151 e. The minimum atomic E-state index is -0.0244. The molecule has 0 aromatic heterocycles. The molecule has 2 N–H and O–H groups in total. The number of hydrogen-bond donors (Lipinski definition) is 1. The van der Waals surface area contributed by atoms with Gasteiger partial charge in [-0.05, 0) is 17.2 Å². The van der Waals surface area contributed by atoms with Crippen LogP contribution in [0.3, 0.4) is 0 Å². The van der Waals surface area contributed by atoms with Crippen LogP contribution in [0.15, 0.2) is 18.2 Å². The Balaban J connectivity index is 2.96. The summed E-state index contributed by atoms with van der Waals surface area (Å²) >= 11 is 11.2. The quantitative estimate of drug-likeness (QED) is 0.639. The second-order valence-electron chi connectivity index (χ2n) is 2.97. The van der Waals surface area contributed by atoms with Crippen LogP contribution in [0.4, 0.5) is 5.69 Å². The summed E-state index contributed by atoms with van der Waals surface area (Å²) in [4.78, 5) is 11.1. The minimum Gasteiger partial charge on any atom is -0.398 e. The highest BCUT2D eigenvalue weighted by molar-refractivity contribution is 6.27. The maximum Gasteiger partial charge on any atom is 0.151 e. The number of rotatable bonds is 4. The molecule has 0 radical (unpaired) electrons. The molecule has 0 atom stereocenters. The molecule has 1 aromatic carbocycles. The average Bonchev–Trinajstić information content (AvgIpc) is 2.18. The van der Waals surface area contributed by atoms with E-state index in [1.54, 1.807) is 6.07 Å². The molecule has 14 heavy (non-hydrogen) atoms. The normalized spacial score (nSPS) is 10.1. The Hall–Kier alpha value is -0.730. The van der Waals surface area contributed by atoms with Gasteiger partial charge in [0, 0.05) is 18.0 Å². The Kier molecular flexibility index (Phi) is 4.23. The second kappa shape index (κ2) is 5.23. The molecule has 4 heteroatoms. The summed E-state index contributed by atoms with van der Waals surface area (Å²) < 4.78 is 0. The number of benzene rings is 1. The monoisotopic (exact) mass is 231 g/mol. The molecule has 0 saturated heterocycles. The van der Waals surface area contributed by atoms with E-state index in [1.807, 2.05) is 12.1 Å². The molecule has 0 fully saturated rings. The van der Waals surface area contributed by atoms with Crippen LogP contribution in [-0.2, 0) is 17.1 Å². The average molecular weight is 232 g/mol. The van der Waals surface area contributed by atoms with Crippen LogP contribution in [0.2, 0.25) is 0 Å². The number of alkyl halides is 2. The largest absolute Gasteiger partial charge is 0.398 e. The van der Waals surface area contributed by atoms with Gasteiger partial charge in [-0.1, -0.05) is 12.1 Å². The summed E-state index contributed by atoms with van der Waals surface area (Å²) in [5.74, 6) is 0.317. The van der Waals surface area contributed by atoms with Gasteiger partial charge >= 0.3 is 0 Å². The zero-order valence-electron chi connectivity index (χ0n) is 7.59. The zero-order valence-corrected chi connectivity index (χ0v) is 9.11. The number of Topliss-reactive ketones (excluding diaryl/α,β-unsaturated/α-hetero) is 1. The fourth-order valence-electron chi connectivity index (χ4n) is 1.24. The van der Waals surface area contributed by atoms with Crippen molar-refractivity contribution >= 4 is 34.7 Å². The summed E-state index contributed by atoms with van der Waals surface area (Å²) in [7, 11) is 0. The SMILES string of the molecule is Nc1cccc(CC(=O)CCl)c1CCl. The zero-order chi connectivity index (χ0) is 10.6. The molecule has 2 nitrogen and oxygen atoms in total. The third-order valence-electron chi connectivity index (χ3n) is 1.98. The molecule has 0 saturated carbocycles. The summed E-state index contributed by atoms with van der Waals surface area (Å²) in [5.41, 5.74) is 8.04. The summed E-state index contributed by atoms with van der Waals surface area (Å²) in [6.07, 6.45) is 0.302. The predicted molar refractivity (Wildman–Crippen MR) is 59.8 cm³/mol. The predicted octanol–water partition coefficient (Wildman–Crippen LogP) is 2.36. The van der Waals surface area contributed by atoms with Crippen molar-refractivity contribution in [1.82, 2.24) is 0 Å². The first-order valence-electron chi connectivity index (χ1n) is 4.19. The fourth-order valence-corrected chi connectivity index (χ4v) is 1.66. The number of nitrogen functional groups attached to an aromatic ring is 1. The van der Waals surface area contributed by atoms with Crippen molar-refractivity contribution < 1.29 is 4.79 Å². The summed E-state index contributed by atoms with van der Waals surface area (Å²) in [6, 6.07) is 5.42. The van der Waals surface area contributed by atoms with Crippen molar-refractivity contribution in [3.8, 4) is 0 Å². The van der Waals surface area contributed by atoms with E-state index < -0.39 is 0 Å². The van der Waals surface area contributed by atoms with E-state index in [1.165, 1.54) is 0 Å². The number of hydrogen-bond acceptors (Lipinski definition) is 2. The highest BCUT2D eigenvalue weighted by Crippen LogP contribution is 2.19. The van der Waals surface area contributed by atoms with Crippen LogP contribution >= 0.6 is 23.2 Å². The number of carbonyl (C=O) groups is 1. The first kappa shape index (κ1) is 11.3. The lowest BCUT2D eigenvalue weighted by Gasteiger charge is -2.08. The van der Waals surface area contributed by atoms with Crippen LogP contribution in [0.5, 0.6) is 0 Å². The lowest BCUT2D eigenvalue weighted by Crippen LogP contribution is -2.07. The number of carbonyl (C=O) groups excluding carboxylic acids is 1. The fraction of sp³-hybridized carbons (Fsp3) is 0.300. The number of halogens is 2. The highest BCUT2D eigenvalue weighted by Gasteiger charge is 2.08. The van der Waals surface area contributed by atoms with E-state index in [0.717, 1.165) is 11.1 Å². The van der Waals surface area contributed by atoms with Crippen molar-refractivity contribution in [2.45, 2.75) is 12.3 Å². The van der Waals surface area contributed by atoms with E-state index in [9.17, 15) is 4.79 Å². The van der Waals surface area contributed by atoms with E-state index in [4.69, 9.17) is 28.9 Å². The molecular formula is C10H11Cl2NO. The van der Waals surface area contributed by atoms with Gasteiger partial charge in [-0.2, -0.15) is 0 Å². The van der Waals surface area contributed by atoms with Gasteiger partial charge in [0.1, 0.15) is 0 Å². The Labute approximate surface area is 93.0 Å². The third-order valence-corrected chi connectivity index (χ3v) is 2.54. The minimum absolute atomic E-state index is 0.0243. The number of ketones is 1. The lowest BCUT2D eigenvalue weighted by molar-refractivity contribution is -0.116. The Morgan fingerprint density at radius 2 is 2.07 bits per heavy atom. The van der Waals surface area contributed by atoms with Crippen molar-refractivity contribution in [3.05, 3.63) is 29.3 Å². The third kappa shape index (κ3) is 2.63. The van der Waals surface area contributed by atoms with E-state index >= 15 is 0 Å². The van der Waals surface area contributed by atoms with Crippen molar-refractivity contribution in [3.63, 3.8) is 0 Å². The van der Waals surface area contributed by atoms with E-state index in [2.05, 4.69) is 0 Å².